The summed E-state index contributed by atoms with van der Waals surface area (Å²) in [4.78, 5) is 16.3. The zero-order chi connectivity index (χ0) is 14.1. The Labute approximate surface area is 114 Å². The van der Waals surface area contributed by atoms with E-state index in [4.69, 9.17) is 0 Å². The summed E-state index contributed by atoms with van der Waals surface area (Å²) >= 11 is 0. The minimum Gasteiger partial charge on any atom is -0.319 e. The number of hydrogen-bond donors (Lipinski definition) is 3. The van der Waals surface area contributed by atoms with Gasteiger partial charge in [-0.15, -0.1) is 5.10 Å². The van der Waals surface area contributed by atoms with Crippen molar-refractivity contribution in [2.24, 2.45) is 0 Å². The van der Waals surface area contributed by atoms with Crippen molar-refractivity contribution in [1.82, 2.24) is 25.4 Å². The molecule has 2 heterocycles. The van der Waals surface area contributed by atoms with E-state index in [0.29, 0.717) is 11.5 Å². The van der Waals surface area contributed by atoms with Crippen molar-refractivity contribution < 1.29 is 4.79 Å². The molecular formula is C13H14N6O. The van der Waals surface area contributed by atoms with Crippen molar-refractivity contribution in [1.29, 1.82) is 0 Å². The lowest BCUT2D eigenvalue weighted by atomic mass is 10.2. The highest BCUT2D eigenvalue weighted by atomic mass is 16.2. The summed E-state index contributed by atoms with van der Waals surface area (Å²) in [6.07, 6.45) is 1.67. The zero-order valence-electron chi connectivity index (χ0n) is 11.1. The first-order valence-electron chi connectivity index (χ1n) is 6.31. The smallest absolute Gasteiger partial charge is 0.295 e. The van der Waals surface area contributed by atoms with Crippen LogP contribution in [0.3, 0.4) is 0 Å². The van der Waals surface area contributed by atoms with Gasteiger partial charge in [0.15, 0.2) is 0 Å². The Morgan fingerprint density at radius 2 is 2.15 bits per heavy atom. The Morgan fingerprint density at radius 3 is 2.90 bits per heavy atom. The molecule has 1 amide bonds. The molecule has 0 spiro atoms. The number of nitrogens with zero attached hydrogens (tertiary/aromatic N) is 3. The molecule has 7 nitrogen and oxygen atoms in total. The number of H-pyrrole nitrogens is 2. The van der Waals surface area contributed by atoms with Crippen LogP contribution in [0.4, 0.5) is 5.69 Å². The van der Waals surface area contributed by atoms with Crippen molar-refractivity contribution in [2.45, 2.75) is 19.8 Å². The third-order valence-electron chi connectivity index (χ3n) is 2.99. The van der Waals surface area contributed by atoms with Crippen molar-refractivity contribution in [2.75, 3.05) is 5.32 Å². The van der Waals surface area contributed by atoms with Gasteiger partial charge in [0.05, 0.1) is 17.4 Å². The van der Waals surface area contributed by atoms with Gasteiger partial charge in [0.2, 0.25) is 5.82 Å². The minimum absolute atomic E-state index is 0.134. The minimum atomic E-state index is -0.346. The normalized spacial score (nSPS) is 11.2. The Kier molecular flexibility index (Phi) is 2.94. The molecule has 0 aliphatic heterocycles. The highest BCUT2D eigenvalue weighted by molar-refractivity contribution is 6.06. The molecule has 0 radical (unpaired) electrons. The van der Waals surface area contributed by atoms with Crippen molar-refractivity contribution >= 4 is 22.5 Å². The van der Waals surface area contributed by atoms with Gasteiger partial charge in [-0.25, -0.2) is 4.98 Å². The first kappa shape index (κ1) is 12.3. The summed E-state index contributed by atoms with van der Waals surface area (Å²) in [5, 5.41) is 17.1. The van der Waals surface area contributed by atoms with Crippen molar-refractivity contribution in [3.63, 3.8) is 0 Å². The fourth-order valence-electron chi connectivity index (χ4n) is 1.89. The van der Waals surface area contributed by atoms with E-state index in [1.165, 1.54) is 0 Å². The van der Waals surface area contributed by atoms with Gasteiger partial charge in [-0.1, -0.05) is 19.9 Å². The summed E-state index contributed by atoms with van der Waals surface area (Å²) in [6, 6.07) is 5.54. The monoisotopic (exact) mass is 270 g/mol. The summed E-state index contributed by atoms with van der Waals surface area (Å²) < 4.78 is 0. The Hall–Kier alpha value is -2.70. The lowest BCUT2D eigenvalue weighted by Gasteiger charge is -2.03. The number of carbonyl (C=O) groups excluding carboxylic acids is 1. The highest BCUT2D eigenvalue weighted by Crippen LogP contribution is 2.21. The number of anilines is 1. The van der Waals surface area contributed by atoms with Crippen LogP contribution in [0.1, 0.15) is 36.2 Å². The second-order valence-corrected chi connectivity index (χ2v) is 4.79. The van der Waals surface area contributed by atoms with Crippen LogP contribution in [-0.4, -0.2) is 31.3 Å². The second-order valence-electron chi connectivity index (χ2n) is 4.79. The molecule has 0 aliphatic rings. The molecule has 3 aromatic rings. The van der Waals surface area contributed by atoms with Gasteiger partial charge < -0.3 is 5.32 Å². The number of amides is 1. The van der Waals surface area contributed by atoms with Gasteiger partial charge >= 0.3 is 0 Å². The predicted molar refractivity (Wildman–Crippen MR) is 74.5 cm³/mol. The van der Waals surface area contributed by atoms with Crippen molar-refractivity contribution in [3.8, 4) is 0 Å². The van der Waals surface area contributed by atoms with E-state index in [1.807, 2.05) is 32.0 Å². The average molecular weight is 270 g/mol. The lowest BCUT2D eigenvalue weighted by Crippen LogP contribution is -2.14. The summed E-state index contributed by atoms with van der Waals surface area (Å²) in [5.41, 5.74) is 1.54. The van der Waals surface area contributed by atoms with E-state index in [9.17, 15) is 4.79 Å². The number of hydrogen-bond acceptors (Lipinski definition) is 4. The maximum absolute atomic E-state index is 12.1. The van der Waals surface area contributed by atoms with E-state index in [-0.39, 0.29) is 17.6 Å². The van der Waals surface area contributed by atoms with Gasteiger partial charge in [0.1, 0.15) is 5.82 Å². The molecular weight excluding hydrogens is 256 g/mol. The molecule has 0 unspecified atom stereocenters. The molecule has 3 N–H and O–H groups in total. The van der Waals surface area contributed by atoms with Crippen LogP contribution in [0.5, 0.6) is 0 Å². The third kappa shape index (κ3) is 2.13. The van der Waals surface area contributed by atoms with Crippen LogP contribution >= 0.6 is 0 Å². The highest BCUT2D eigenvalue weighted by Gasteiger charge is 2.15. The van der Waals surface area contributed by atoms with Crippen LogP contribution in [0.2, 0.25) is 0 Å². The molecule has 20 heavy (non-hydrogen) atoms. The fourth-order valence-corrected chi connectivity index (χ4v) is 1.89. The number of carbonyl (C=O) groups is 1. The topological polar surface area (TPSA) is 99.3 Å². The van der Waals surface area contributed by atoms with E-state index in [2.05, 4.69) is 30.7 Å². The van der Waals surface area contributed by atoms with Crippen LogP contribution < -0.4 is 5.32 Å². The number of nitrogens with one attached hydrogen (secondary N) is 3. The number of rotatable bonds is 3. The first-order chi connectivity index (χ1) is 9.65. The Morgan fingerprint density at radius 1 is 1.30 bits per heavy atom. The standard InChI is InChI=1S/C13H14N6O/c1-7(2)11-16-12(19-18-11)13(20)15-9-4-3-5-10-8(9)6-14-17-10/h3-7H,1-2H3,(H,14,17)(H,15,20)(H,16,18,19). The van der Waals surface area contributed by atoms with Gasteiger partial charge in [0, 0.05) is 11.3 Å². The molecule has 0 atom stereocenters. The van der Waals surface area contributed by atoms with Crippen LogP contribution in [0, 0.1) is 0 Å². The van der Waals surface area contributed by atoms with Crippen LogP contribution in [0.15, 0.2) is 24.4 Å². The number of aromatic nitrogens is 5. The number of fused-ring (bicyclic) bond motifs is 1. The molecule has 0 aliphatic carbocycles. The van der Waals surface area contributed by atoms with Crippen molar-refractivity contribution in [3.05, 3.63) is 36.0 Å². The average Bonchev–Trinajstić information content (AvgIpc) is 3.08. The summed E-state index contributed by atoms with van der Waals surface area (Å²) in [7, 11) is 0. The van der Waals surface area contributed by atoms with Gasteiger partial charge in [-0.3, -0.25) is 15.0 Å². The SMILES string of the molecule is CC(C)c1nc(C(=O)Nc2cccc3[nH]ncc23)n[nH]1. The quantitative estimate of drug-likeness (QED) is 0.678. The summed E-state index contributed by atoms with van der Waals surface area (Å²) in [5.74, 6) is 0.675. The van der Waals surface area contributed by atoms with Crippen LogP contribution in [0.25, 0.3) is 10.9 Å². The molecule has 7 heteroatoms. The van der Waals surface area contributed by atoms with E-state index < -0.39 is 0 Å². The van der Waals surface area contributed by atoms with E-state index in [0.717, 1.165) is 10.9 Å². The first-order valence-corrected chi connectivity index (χ1v) is 6.31. The second kappa shape index (κ2) is 4.76. The fraction of sp³-hybridized carbons (Fsp3) is 0.231. The third-order valence-corrected chi connectivity index (χ3v) is 2.99. The molecule has 0 bridgehead atoms. The molecule has 0 saturated carbocycles. The van der Waals surface area contributed by atoms with Crippen LogP contribution in [-0.2, 0) is 0 Å². The summed E-state index contributed by atoms with van der Waals surface area (Å²) in [6.45, 7) is 3.96. The van der Waals surface area contributed by atoms with E-state index in [1.54, 1.807) is 6.20 Å². The molecule has 3 rings (SSSR count). The Balaban J connectivity index is 1.86. The van der Waals surface area contributed by atoms with Gasteiger partial charge in [-0.2, -0.15) is 5.10 Å². The molecule has 0 fully saturated rings. The number of benzene rings is 1. The largest absolute Gasteiger partial charge is 0.319 e. The molecule has 2 aromatic heterocycles. The predicted octanol–water partition coefficient (Wildman–Crippen LogP) is 2.06. The maximum Gasteiger partial charge on any atom is 0.295 e. The maximum atomic E-state index is 12.1. The zero-order valence-corrected chi connectivity index (χ0v) is 11.1. The van der Waals surface area contributed by atoms with E-state index >= 15 is 0 Å². The Bertz CT molecular complexity index is 757. The molecule has 0 saturated heterocycles. The molecule has 102 valence electrons. The molecule has 1 aromatic carbocycles. The number of aromatic amines is 2. The van der Waals surface area contributed by atoms with Gasteiger partial charge in [0.25, 0.3) is 5.91 Å². The van der Waals surface area contributed by atoms with Gasteiger partial charge in [-0.05, 0) is 12.1 Å². The lowest BCUT2D eigenvalue weighted by molar-refractivity contribution is 0.101.